The molecule has 3 heterocycles. The molecule has 0 bridgehead atoms. The van der Waals surface area contributed by atoms with Gasteiger partial charge in [0.2, 0.25) is 0 Å². The Kier molecular flexibility index (Phi) is 2.91. The van der Waals surface area contributed by atoms with Crippen molar-refractivity contribution < 1.29 is 0 Å². The van der Waals surface area contributed by atoms with Crippen molar-refractivity contribution in [2.75, 3.05) is 0 Å². The second-order valence-electron chi connectivity index (χ2n) is 6.93. The summed E-state index contributed by atoms with van der Waals surface area (Å²) in [6.07, 6.45) is 4.08. The van der Waals surface area contributed by atoms with Gasteiger partial charge in [-0.15, -0.1) is 16.4 Å². The first kappa shape index (κ1) is 13.0. The zero-order chi connectivity index (χ0) is 13.7. The maximum atomic E-state index is 4.35. The molecule has 1 aliphatic rings. The molecule has 0 aromatic carbocycles. The van der Waals surface area contributed by atoms with E-state index in [0.717, 1.165) is 18.4 Å². The highest BCUT2D eigenvalue weighted by atomic mass is 32.1. The SMILES string of the molecule is CC1(C)CC(c2csc3ccnnc23)CC(C)(C)N1. The summed E-state index contributed by atoms with van der Waals surface area (Å²) in [5.74, 6) is 0.566. The van der Waals surface area contributed by atoms with Crippen LogP contribution >= 0.6 is 11.3 Å². The highest BCUT2D eigenvalue weighted by Crippen LogP contribution is 2.42. The van der Waals surface area contributed by atoms with E-state index < -0.39 is 0 Å². The lowest BCUT2D eigenvalue weighted by Gasteiger charge is -2.46. The molecule has 3 nitrogen and oxygen atoms in total. The van der Waals surface area contributed by atoms with Crippen molar-refractivity contribution in [1.29, 1.82) is 0 Å². The molecule has 0 radical (unpaired) electrons. The monoisotopic (exact) mass is 275 g/mol. The second-order valence-corrected chi connectivity index (χ2v) is 7.84. The summed E-state index contributed by atoms with van der Waals surface area (Å²) in [6.45, 7) is 9.17. The molecule has 2 aromatic rings. The predicted octanol–water partition coefficient (Wildman–Crippen LogP) is 3.72. The fourth-order valence-electron chi connectivity index (χ4n) is 3.63. The fourth-order valence-corrected chi connectivity index (χ4v) is 4.60. The molecule has 0 saturated carbocycles. The Hall–Kier alpha value is -1.00. The van der Waals surface area contributed by atoms with Gasteiger partial charge in [-0.2, -0.15) is 5.10 Å². The zero-order valence-corrected chi connectivity index (χ0v) is 12.8. The molecule has 1 N–H and O–H groups in total. The summed E-state index contributed by atoms with van der Waals surface area (Å²) >= 11 is 1.78. The molecule has 0 atom stereocenters. The molecule has 102 valence electrons. The summed E-state index contributed by atoms with van der Waals surface area (Å²) < 4.78 is 1.25. The molecule has 1 saturated heterocycles. The number of nitrogens with one attached hydrogen (secondary N) is 1. The van der Waals surface area contributed by atoms with Crippen LogP contribution in [0, 0.1) is 0 Å². The van der Waals surface area contributed by atoms with E-state index in [-0.39, 0.29) is 11.1 Å². The third-order valence-corrected chi connectivity index (χ3v) is 4.86. The van der Waals surface area contributed by atoms with Crippen molar-refractivity contribution in [2.45, 2.75) is 57.5 Å². The van der Waals surface area contributed by atoms with E-state index in [9.17, 15) is 0 Å². The average molecular weight is 275 g/mol. The van der Waals surface area contributed by atoms with Crippen LogP contribution in [0.3, 0.4) is 0 Å². The summed E-state index contributed by atoms with van der Waals surface area (Å²) in [7, 11) is 0. The largest absolute Gasteiger partial charge is 0.307 e. The van der Waals surface area contributed by atoms with Crippen LogP contribution in [0.1, 0.15) is 52.0 Å². The maximum Gasteiger partial charge on any atom is 0.107 e. The van der Waals surface area contributed by atoms with Crippen LogP contribution < -0.4 is 5.32 Å². The molecule has 3 rings (SSSR count). The van der Waals surface area contributed by atoms with Crippen molar-refractivity contribution in [3.8, 4) is 0 Å². The second kappa shape index (κ2) is 4.25. The van der Waals surface area contributed by atoms with Crippen molar-refractivity contribution in [3.63, 3.8) is 0 Å². The Morgan fingerprint density at radius 3 is 2.58 bits per heavy atom. The number of rotatable bonds is 1. The van der Waals surface area contributed by atoms with Gasteiger partial charge in [0.1, 0.15) is 5.52 Å². The molecule has 0 amide bonds. The minimum absolute atomic E-state index is 0.170. The average Bonchev–Trinajstić information content (AvgIpc) is 2.68. The minimum Gasteiger partial charge on any atom is -0.307 e. The fraction of sp³-hybridized carbons (Fsp3) is 0.600. The number of hydrogen-bond donors (Lipinski definition) is 1. The van der Waals surface area contributed by atoms with E-state index in [1.54, 1.807) is 17.5 Å². The number of piperidine rings is 1. The first-order chi connectivity index (χ1) is 8.86. The molecule has 1 aliphatic heterocycles. The summed E-state index contributed by atoms with van der Waals surface area (Å²) in [5.41, 5.74) is 2.83. The smallest absolute Gasteiger partial charge is 0.107 e. The van der Waals surface area contributed by atoms with E-state index in [0.29, 0.717) is 5.92 Å². The highest BCUT2D eigenvalue weighted by molar-refractivity contribution is 7.17. The van der Waals surface area contributed by atoms with E-state index in [1.807, 2.05) is 0 Å². The summed E-state index contributed by atoms with van der Waals surface area (Å²) in [6, 6.07) is 2.06. The van der Waals surface area contributed by atoms with Crippen LogP contribution in [0.2, 0.25) is 0 Å². The highest BCUT2D eigenvalue weighted by Gasteiger charge is 2.39. The maximum absolute atomic E-state index is 4.35. The minimum atomic E-state index is 0.170. The third kappa shape index (κ3) is 2.51. The standard InChI is InChI=1S/C15H21N3S/c1-14(2)7-10(8-15(3,4)18-14)11-9-19-12-5-6-16-17-13(11)12/h5-6,9-10,18H,7-8H2,1-4H3. The predicted molar refractivity (Wildman–Crippen MR) is 80.7 cm³/mol. The first-order valence-corrected chi connectivity index (χ1v) is 7.72. The topological polar surface area (TPSA) is 37.8 Å². The Bertz CT molecular complexity index is 584. The van der Waals surface area contributed by atoms with Crippen molar-refractivity contribution in [1.82, 2.24) is 15.5 Å². The van der Waals surface area contributed by atoms with Gasteiger partial charge >= 0.3 is 0 Å². The lowest BCUT2D eigenvalue weighted by atomic mass is 9.73. The number of aromatic nitrogens is 2. The van der Waals surface area contributed by atoms with Gasteiger partial charge < -0.3 is 5.32 Å². The quantitative estimate of drug-likeness (QED) is 0.862. The Morgan fingerprint density at radius 2 is 1.89 bits per heavy atom. The number of thiophene rings is 1. The van der Waals surface area contributed by atoms with Gasteiger partial charge in [-0.3, -0.25) is 0 Å². The van der Waals surface area contributed by atoms with Gasteiger partial charge in [0, 0.05) is 11.1 Å². The van der Waals surface area contributed by atoms with Crippen LogP contribution in [0.25, 0.3) is 10.2 Å². The van der Waals surface area contributed by atoms with E-state index in [1.165, 1.54) is 10.3 Å². The lowest BCUT2D eigenvalue weighted by Crippen LogP contribution is -2.57. The van der Waals surface area contributed by atoms with E-state index in [4.69, 9.17) is 0 Å². The van der Waals surface area contributed by atoms with Crippen LogP contribution in [-0.4, -0.2) is 21.3 Å². The number of fused-ring (bicyclic) bond motifs is 1. The summed E-state index contributed by atoms with van der Waals surface area (Å²) in [5, 5.41) is 14.4. The van der Waals surface area contributed by atoms with E-state index >= 15 is 0 Å². The van der Waals surface area contributed by atoms with Crippen LogP contribution in [0.4, 0.5) is 0 Å². The number of hydrogen-bond acceptors (Lipinski definition) is 4. The molecule has 0 aliphatic carbocycles. The Labute approximate surface area is 118 Å². The van der Waals surface area contributed by atoms with Crippen molar-refractivity contribution in [3.05, 3.63) is 23.2 Å². The summed E-state index contributed by atoms with van der Waals surface area (Å²) in [4.78, 5) is 0. The van der Waals surface area contributed by atoms with Gasteiger partial charge in [-0.1, -0.05) is 0 Å². The Balaban J connectivity index is 2.01. The normalized spacial score (nSPS) is 22.7. The van der Waals surface area contributed by atoms with E-state index in [2.05, 4.69) is 54.7 Å². The molecule has 0 unspecified atom stereocenters. The molecule has 1 fully saturated rings. The van der Waals surface area contributed by atoms with Crippen LogP contribution in [-0.2, 0) is 0 Å². The molecule has 4 heteroatoms. The first-order valence-electron chi connectivity index (χ1n) is 6.84. The van der Waals surface area contributed by atoms with Gasteiger partial charge in [-0.25, -0.2) is 0 Å². The third-order valence-electron chi connectivity index (χ3n) is 3.90. The van der Waals surface area contributed by atoms with Crippen molar-refractivity contribution >= 4 is 21.6 Å². The molecular formula is C15H21N3S. The Morgan fingerprint density at radius 1 is 1.21 bits per heavy atom. The van der Waals surface area contributed by atoms with Crippen LogP contribution in [0.5, 0.6) is 0 Å². The number of nitrogens with zero attached hydrogens (tertiary/aromatic N) is 2. The molecule has 2 aromatic heterocycles. The molecule has 19 heavy (non-hydrogen) atoms. The van der Waals surface area contributed by atoms with Gasteiger partial charge in [0.15, 0.2) is 0 Å². The van der Waals surface area contributed by atoms with Gasteiger partial charge in [-0.05, 0) is 63.5 Å². The lowest BCUT2D eigenvalue weighted by molar-refractivity contribution is 0.162. The van der Waals surface area contributed by atoms with Crippen molar-refractivity contribution in [2.24, 2.45) is 0 Å². The molecule has 0 spiro atoms. The van der Waals surface area contributed by atoms with Gasteiger partial charge in [0.05, 0.1) is 10.9 Å². The van der Waals surface area contributed by atoms with Gasteiger partial charge in [0.25, 0.3) is 0 Å². The van der Waals surface area contributed by atoms with Crippen LogP contribution in [0.15, 0.2) is 17.6 Å². The zero-order valence-electron chi connectivity index (χ0n) is 12.0. The molecular weight excluding hydrogens is 254 g/mol.